The Hall–Kier alpha value is -1.82. The zero-order valence-corrected chi connectivity index (χ0v) is 10.5. The summed E-state index contributed by atoms with van der Waals surface area (Å²) in [5.41, 5.74) is 6.36. The van der Waals surface area contributed by atoms with E-state index in [9.17, 15) is 4.79 Å². The van der Waals surface area contributed by atoms with Crippen LogP contribution in [0.1, 0.15) is 0 Å². The van der Waals surface area contributed by atoms with Crippen LogP contribution in [0.15, 0.2) is 47.7 Å². The molecule has 5 nitrogen and oxygen atoms in total. The van der Waals surface area contributed by atoms with Crippen molar-refractivity contribution in [2.24, 2.45) is 10.7 Å². The van der Waals surface area contributed by atoms with Crippen LogP contribution in [0, 0.1) is 0 Å². The van der Waals surface area contributed by atoms with Gasteiger partial charge in [0.1, 0.15) is 5.84 Å². The van der Waals surface area contributed by atoms with Crippen LogP contribution in [0.3, 0.4) is 0 Å². The summed E-state index contributed by atoms with van der Waals surface area (Å²) in [4.78, 5) is 16.8. The second kappa shape index (κ2) is 5.01. The summed E-state index contributed by atoms with van der Waals surface area (Å²) in [5, 5.41) is 2.76. The Bertz CT molecular complexity index is 472. The highest BCUT2D eigenvalue weighted by atomic mass is 79.9. The predicted octanol–water partition coefficient (Wildman–Crippen LogP) is 2.08. The molecule has 0 saturated carbocycles. The Kier molecular flexibility index (Phi) is 3.43. The van der Waals surface area contributed by atoms with Crippen molar-refractivity contribution in [3.8, 4) is 0 Å². The summed E-state index contributed by atoms with van der Waals surface area (Å²) in [5.74, 6) is 0.343. The highest BCUT2D eigenvalue weighted by Crippen LogP contribution is 2.15. The summed E-state index contributed by atoms with van der Waals surface area (Å²) in [6.45, 7) is 0. The van der Waals surface area contributed by atoms with Crippen LogP contribution < -0.4 is 11.1 Å². The summed E-state index contributed by atoms with van der Waals surface area (Å²) in [7, 11) is 0. The molecule has 1 unspecified atom stereocenters. The molecule has 0 aromatic heterocycles. The first-order valence-electron chi connectivity index (χ1n) is 4.97. The number of carbonyl (C=O) groups excluding carboxylic acids is 1. The molecule has 0 fully saturated rings. The predicted molar refractivity (Wildman–Crippen MR) is 70.8 cm³/mol. The van der Waals surface area contributed by atoms with Gasteiger partial charge in [0.2, 0.25) is 0 Å². The standard InChI is InChI=1S/C11H11BrN4O/c12-9-10(13)14-6-7-16(9)11(17)15-8-4-2-1-3-5-8/h1-7,9H,(H2,13,14)(H,15,17). The average molecular weight is 295 g/mol. The highest BCUT2D eigenvalue weighted by molar-refractivity contribution is 9.10. The van der Waals surface area contributed by atoms with Crippen molar-refractivity contribution in [1.29, 1.82) is 0 Å². The van der Waals surface area contributed by atoms with Crippen LogP contribution in [0.2, 0.25) is 0 Å². The topological polar surface area (TPSA) is 70.7 Å². The third-order valence-electron chi connectivity index (χ3n) is 2.20. The van der Waals surface area contributed by atoms with Crippen LogP contribution in [0.25, 0.3) is 0 Å². The molecular formula is C11H11BrN4O. The number of carbonyl (C=O) groups is 1. The van der Waals surface area contributed by atoms with E-state index in [0.29, 0.717) is 5.84 Å². The van der Waals surface area contributed by atoms with Crippen molar-refractivity contribution in [1.82, 2.24) is 4.90 Å². The lowest BCUT2D eigenvalue weighted by molar-refractivity contribution is 0.230. The number of rotatable bonds is 1. The van der Waals surface area contributed by atoms with Crippen molar-refractivity contribution in [3.05, 3.63) is 42.7 Å². The third kappa shape index (κ3) is 2.65. The fraction of sp³-hybridized carbons (Fsp3) is 0.0909. The van der Waals surface area contributed by atoms with Gasteiger partial charge in [-0.2, -0.15) is 0 Å². The van der Waals surface area contributed by atoms with Gasteiger partial charge in [0, 0.05) is 18.1 Å². The Morgan fingerprint density at radius 1 is 1.41 bits per heavy atom. The maximum absolute atomic E-state index is 11.9. The third-order valence-corrected chi connectivity index (χ3v) is 3.11. The smallest absolute Gasteiger partial charge is 0.327 e. The van der Waals surface area contributed by atoms with Crippen molar-refractivity contribution >= 4 is 33.5 Å². The molecule has 6 heteroatoms. The maximum Gasteiger partial charge on any atom is 0.327 e. The van der Waals surface area contributed by atoms with E-state index in [1.807, 2.05) is 30.3 Å². The van der Waals surface area contributed by atoms with Gasteiger partial charge in [0.05, 0.1) is 0 Å². The number of amides is 2. The molecule has 17 heavy (non-hydrogen) atoms. The summed E-state index contributed by atoms with van der Waals surface area (Å²) < 4.78 is 0. The number of nitrogens with one attached hydrogen (secondary N) is 1. The number of alkyl halides is 1. The molecular weight excluding hydrogens is 284 g/mol. The van der Waals surface area contributed by atoms with Gasteiger partial charge in [-0.05, 0) is 12.1 Å². The van der Waals surface area contributed by atoms with Crippen molar-refractivity contribution < 1.29 is 4.79 Å². The number of hydrogen-bond donors (Lipinski definition) is 2. The zero-order chi connectivity index (χ0) is 12.3. The molecule has 0 radical (unpaired) electrons. The molecule has 1 aromatic carbocycles. The minimum Gasteiger partial charge on any atom is -0.385 e. The molecule has 1 heterocycles. The van der Waals surface area contributed by atoms with E-state index in [1.165, 1.54) is 11.1 Å². The second-order valence-electron chi connectivity index (χ2n) is 3.39. The van der Waals surface area contributed by atoms with E-state index in [0.717, 1.165) is 5.69 Å². The lowest BCUT2D eigenvalue weighted by Gasteiger charge is -2.26. The van der Waals surface area contributed by atoms with Crippen LogP contribution in [0.5, 0.6) is 0 Å². The average Bonchev–Trinajstić information content (AvgIpc) is 2.34. The number of urea groups is 1. The Labute approximate surface area is 107 Å². The molecule has 2 amide bonds. The number of nitrogens with two attached hydrogens (primary N) is 1. The zero-order valence-electron chi connectivity index (χ0n) is 8.88. The number of halogens is 1. The highest BCUT2D eigenvalue weighted by Gasteiger charge is 2.24. The van der Waals surface area contributed by atoms with Gasteiger partial charge >= 0.3 is 6.03 Å². The van der Waals surface area contributed by atoms with Gasteiger partial charge in [-0.3, -0.25) is 4.90 Å². The normalized spacial score (nSPS) is 18.8. The lowest BCUT2D eigenvalue weighted by atomic mass is 10.3. The van der Waals surface area contributed by atoms with Crippen molar-refractivity contribution in [3.63, 3.8) is 0 Å². The van der Waals surface area contributed by atoms with E-state index in [2.05, 4.69) is 26.2 Å². The van der Waals surface area contributed by atoms with Gasteiger partial charge in [-0.1, -0.05) is 34.1 Å². The monoisotopic (exact) mass is 294 g/mol. The fourth-order valence-corrected chi connectivity index (χ4v) is 1.79. The largest absolute Gasteiger partial charge is 0.385 e. The van der Waals surface area contributed by atoms with Crippen molar-refractivity contribution in [2.45, 2.75) is 4.95 Å². The Balaban J connectivity index is 2.07. The van der Waals surface area contributed by atoms with Crippen LogP contribution in [-0.4, -0.2) is 21.7 Å². The lowest BCUT2D eigenvalue weighted by Crippen LogP contribution is -2.44. The first kappa shape index (κ1) is 11.7. The maximum atomic E-state index is 11.9. The van der Waals surface area contributed by atoms with Crippen LogP contribution in [0.4, 0.5) is 10.5 Å². The van der Waals surface area contributed by atoms with Gasteiger partial charge in [-0.25, -0.2) is 9.79 Å². The first-order chi connectivity index (χ1) is 8.18. The summed E-state index contributed by atoms with van der Waals surface area (Å²) >= 11 is 3.29. The van der Waals surface area contributed by atoms with Gasteiger partial charge in [-0.15, -0.1) is 0 Å². The molecule has 0 saturated heterocycles. The number of anilines is 1. The first-order valence-corrected chi connectivity index (χ1v) is 5.88. The minimum absolute atomic E-state index is 0.271. The van der Waals surface area contributed by atoms with Gasteiger partial charge in [0.25, 0.3) is 0 Å². The van der Waals surface area contributed by atoms with Gasteiger partial charge < -0.3 is 11.1 Å². The Morgan fingerprint density at radius 3 is 2.82 bits per heavy atom. The van der Waals surface area contributed by atoms with E-state index >= 15 is 0 Å². The van der Waals surface area contributed by atoms with E-state index in [-0.39, 0.29) is 6.03 Å². The molecule has 0 bridgehead atoms. The molecule has 88 valence electrons. The number of nitrogens with zero attached hydrogens (tertiary/aromatic N) is 2. The molecule has 1 atom stereocenters. The van der Waals surface area contributed by atoms with Crippen LogP contribution in [-0.2, 0) is 0 Å². The van der Waals surface area contributed by atoms with E-state index in [4.69, 9.17) is 5.73 Å². The van der Waals surface area contributed by atoms with E-state index < -0.39 is 4.95 Å². The molecule has 0 spiro atoms. The summed E-state index contributed by atoms with van der Waals surface area (Å²) in [6, 6.07) is 8.94. The molecule has 2 rings (SSSR count). The van der Waals surface area contributed by atoms with Gasteiger partial charge in [0.15, 0.2) is 4.95 Å². The molecule has 1 aromatic rings. The quantitative estimate of drug-likeness (QED) is 0.615. The number of benzene rings is 1. The number of aliphatic imine (C=N–C) groups is 1. The molecule has 0 aliphatic carbocycles. The molecule has 1 aliphatic heterocycles. The summed E-state index contributed by atoms with van der Waals surface area (Å²) in [6.07, 6.45) is 3.05. The molecule has 1 aliphatic rings. The Morgan fingerprint density at radius 2 is 2.12 bits per heavy atom. The van der Waals surface area contributed by atoms with Crippen molar-refractivity contribution in [2.75, 3.05) is 5.32 Å². The van der Waals surface area contributed by atoms with E-state index in [1.54, 1.807) is 6.20 Å². The fourth-order valence-electron chi connectivity index (χ4n) is 1.35. The number of hydrogen-bond acceptors (Lipinski definition) is 3. The molecule has 3 N–H and O–H groups in total. The van der Waals surface area contributed by atoms with Crippen LogP contribution >= 0.6 is 15.9 Å². The number of para-hydroxylation sites is 1. The minimum atomic E-state index is -0.420. The second-order valence-corrected chi connectivity index (χ2v) is 4.26. The number of amidine groups is 1. The SMILES string of the molecule is NC1=NC=CN(C(=O)Nc2ccccc2)C1Br.